The van der Waals surface area contributed by atoms with E-state index in [9.17, 15) is 9.90 Å². The zero-order valence-electron chi connectivity index (χ0n) is 15.8. The fourth-order valence-electron chi connectivity index (χ4n) is 2.68. The number of ether oxygens (including phenoxy) is 1. The third-order valence-electron chi connectivity index (χ3n) is 4.15. The van der Waals surface area contributed by atoms with Gasteiger partial charge in [0, 0.05) is 15.5 Å². The lowest BCUT2D eigenvalue weighted by Crippen LogP contribution is -2.29. The van der Waals surface area contributed by atoms with Crippen molar-refractivity contribution in [3.8, 4) is 11.5 Å². The van der Waals surface area contributed by atoms with Crippen molar-refractivity contribution in [3.63, 3.8) is 0 Å². The maximum absolute atomic E-state index is 11.7. The molecule has 0 atom stereocenters. The molecule has 2 aromatic rings. The van der Waals surface area contributed by atoms with Crippen LogP contribution in [0.2, 0.25) is 0 Å². The van der Waals surface area contributed by atoms with E-state index in [1.807, 2.05) is 31.2 Å². The third kappa shape index (κ3) is 6.25. The number of halogens is 2. The van der Waals surface area contributed by atoms with E-state index in [1.165, 1.54) is 0 Å². The first-order chi connectivity index (χ1) is 12.8. The second kappa shape index (κ2) is 10.1. The van der Waals surface area contributed by atoms with Gasteiger partial charge in [0.25, 0.3) is 5.91 Å². The zero-order chi connectivity index (χ0) is 20.0. The average Bonchev–Trinajstić information content (AvgIpc) is 2.62. The Kier molecular flexibility index (Phi) is 8.17. The van der Waals surface area contributed by atoms with Gasteiger partial charge in [0.05, 0.1) is 0 Å². The van der Waals surface area contributed by atoms with Gasteiger partial charge in [0.1, 0.15) is 11.5 Å². The first-order valence-corrected chi connectivity index (χ1v) is 10.6. The van der Waals surface area contributed by atoms with E-state index in [-0.39, 0.29) is 18.4 Å². The van der Waals surface area contributed by atoms with Gasteiger partial charge in [-0.1, -0.05) is 64.8 Å². The van der Waals surface area contributed by atoms with Crippen LogP contribution in [-0.2, 0) is 11.2 Å². The Morgan fingerprint density at radius 2 is 1.85 bits per heavy atom. The summed E-state index contributed by atoms with van der Waals surface area (Å²) in [6.07, 6.45) is 1.60. The molecule has 27 heavy (non-hydrogen) atoms. The van der Waals surface area contributed by atoms with Gasteiger partial charge >= 0.3 is 0 Å². The van der Waals surface area contributed by atoms with Crippen molar-refractivity contribution in [2.24, 2.45) is 0 Å². The summed E-state index contributed by atoms with van der Waals surface area (Å²) in [6, 6.07) is 9.47. The molecule has 0 heterocycles. The minimum atomic E-state index is -0.126. The number of amides is 1. The first-order valence-electron chi connectivity index (χ1n) is 9.01. The molecule has 0 saturated carbocycles. The summed E-state index contributed by atoms with van der Waals surface area (Å²) in [4.78, 5) is 11.7. The summed E-state index contributed by atoms with van der Waals surface area (Å²) in [5.41, 5.74) is 3.14. The summed E-state index contributed by atoms with van der Waals surface area (Å²) in [7, 11) is 0. The van der Waals surface area contributed by atoms with E-state index in [4.69, 9.17) is 4.74 Å². The SMILES string of the molecule is CCCNC(=O)COc1cc(Br)c(Cc2ccc(O)c(C(C)C)c2)c(Br)c1. The van der Waals surface area contributed by atoms with Crippen molar-refractivity contribution in [2.45, 2.75) is 39.5 Å². The number of phenols is 1. The van der Waals surface area contributed by atoms with Crippen molar-refractivity contribution in [3.05, 3.63) is 56.0 Å². The molecule has 0 aliphatic carbocycles. The van der Waals surface area contributed by atoms with Crippen LogP contribution in [0, 0.1) is 0 Å². The number of carbonyl (C=O) groups is 1. The van der Waals surface area contributed by atoms with Gasteiger partial charge in [-0.2, -0.15) is 0 Å². The molecule has 2 rings (SSSR count). The molecular weight excluding hydrogens is 474 g/mol. The number of hydrogen-bond acceptors (Lipinski definition) is 3. The lowest BCUT2D eigenvalue weighted by Gasteiger charge is -2.14. The van der Waals surface area contributed by atoms with Gasteiger partial charge in [-0.3, -0.25) is 4.79 Å². The van der Waals surface area contributed by atoms with Crippen LogP contribution in [0.3, 0.4) is 0 Å². The minimum Gasteiger partial charge on any atom is -0.508 e. The van der Waals surface area contributed by atoms with Crippen molar-refractivity contribution >= 4 is 37.8 Å². The number of rotatable bonds is 8. The Morgan fingerprint density at radius 1 is 1.19 bits per heavy atom. The van der Waals surface area contributed by atoms with Crippen LogP contribution in [-0.4, -0.2) is 24.2 Å². The average molecular weight is 499 g/mol. The second-order valence-electron chi connectivity index (χ2n) is 6.73. The molecular formula is C21H25Br2NO3. The highest BCUT2D eigenvalue weighted by atomic mass is 79.9. The summed E-state index contributed by atoms with van der Waals surface area (Å²) < 4.78 is 7.40. The van der Waals surface area contributed by atoms with Crippen molar-refractivity contribution in [1.29, 1.82) is 0 Å². The molecule has 0 radical (unpaired) electrons. The van der Waals surface area contributed by atoms with E-state index in [0.717, 1.165) is 32.1 Å². The predicted octanol–water partition coefficient (Wildman–Crippen LogP) is 5.54. The smallest absolute Gasteiger partial charge is 0.257 e. The third-order valence-corrected chi connectivity index (χ3v) is 5.57. The summed E-state index contributed by atoms with van der Waals surface area (Å²) >= 11 is 7.21. The molecule has 0 spiro atoms. The summed E-state index contributed by atoms with van der Waals surface area (Å²) in [5.74, 6) is 1.08. The van der Waals surface area contributed by atoms with Gasteiger partial charge < -0.3 is 15.2 Å². The summed E-state index contributed by atoms with van der Waals surface area (Å²) in [5, 5.41) is 12.8. The molecule has 0 unspecified atom stereocenters. The van der Waals surface area contributed by atoms with Crippen LogP contribution >= 0.6 is 31.9 Å². The number of aromatic hydroxyl groups is 1. The molecule has 4 nitrogen and oxygen atoms in total. The standard InChI is InChI=1S/C21H25Br2NO3/c1-4-7-24-21(26)12-27-15-10-18(22)17(19(23)11-15)9-14-5-6-20(25)16(8-14)13(2)3/h5-6,8,10-11,13,25H,4,7,9,12H2,1-3H3,(H,24,26). The van der Waals surface area contributed by atoms with Crippen LogP contribution in [0.5, 0.6) is 11.5 Å². The monoisotopic (exact) mass is 497 g/mol. The Bertz CT molecular complexity index is 783. The number of nitrogens with one attached hydrogen (secondary N) is 1. The van der Waals surface area contributed by atoms with Gasteiger partial charge in [-0.05, 0) is 53.6 Å². The van der Waals surface area contributed by atoms with Gasteiger partial charge in [0.15, 0.2) is 6.61 Å². The van der Waals surface area contributed by atoms with Crippen molar-refractivity contribution in [1.82, 2.24) is 5.32 Å². The molecule has 6 heteroatoms. The normalized spacial score (nSPS) is 10.9. The Balaban J connectivity index is 2.13. The highest BCUT2D eigenvalue weighted by Gasteiger charge is 2.13. The van der Waals surface area contributed by atoms with Gasteiger partial charge in [0.2, 0.25) is 0 Å². The number of phenolic OH excluding ortho intramolecular Hbond substituents is 1. The second-order valence-corrected chi connectivity index (χ2v) is 8.44. The number of carbonyl (C=O) groups excluding carboxylic acids is 1. The van der Waals surface area contributed by atoms with E-state index in [1.54, 1.807) is 6.07 Å². The molecule has 0 bridgehead atoms. The quantitative estimate of drug-likeness (QED) is 0.502. The maximum Gasteiger partial charge on any atom is 0.257 e. The van der Waals surface area contributed by atoms with E-state index in [2.05, 4.69) is 51.0 Å². The topological polar surface area (TPSA) is 58.6 Å². The lowest BCUT2D eigenvalue weighted by atomic mass is 9.96. The van der Waals surface area contributed by atoms with Crippen molar-refractivity contribution in [2.75, 3.05) is 13.2 Å². The molecule has 2 N–H and O–H groups in total. The predicted molar refractivity (Wildman–Crippen MR) is 116 cm³/mol. The fourth-order valence-corrected chi connectivity index (χ4v) is 4.10. The zero-order valence-corrected chi connectivity index (χ0v) is 19.0. The molecule has 1 amide bonds. The molecule has 146 valence electrons. The molecule has 0 aromatic heterocycles. The molecule has 0 aliphatic heterocycles. The van der Waals surface area contributed by atoms with Crippen molar-refractivity contribution < 1.29 is 14.6 Å². The van der Waals surface area contributed by atoms with E-state index in [0.29, 0.717) is 24.5 Å². The fraction of sp³-hybridized carbons (Fsp3) is 0.381. The minimum absolute atomic E-state index is 0.00601. The first kappa shape index (κ1) is 21.8. The van der Waals surface area contributed by atoms with Crippen LogP contribution in [0.1, 0.15) is 49.8 Å². The maximum atomic E-state index is 11.7. The molecule has 0 saturated heterocycles. The van der Waals surface area contributed by atoms with E-state index < -0.39 is 0 Å². The number of hydrogen-bond donors (Lipinski definition) is 2. The highest BCUT2D eigenvalue weighted by Crippen LogP contribution is 2.34. The Morgan fingerprint density at radius 3 is 2.44 bits per heavy atom. The summed E-state index contributed by atoms with van der Waals surface area (Å²) in [6.45, 7) is 6.78. The molecule has 0 aliphatic rings. The largest absolute Gasteiger partial charge is 0.508 e. The molecule has 2 aromatic carbocycles. The highest BCUT2D eigenvalue weighted by molar-refractivity contribution is 9.11. The van der Waals surface area contributed by atoms with Gasteiger partial charge in [-0.25, -0.2) is 0 Å². The van der Waals surface area contributed by atoms with Crippen LogP contribution in [0.25, 0.3) is 0 Å². The number of benzene rings is 2. The van der Waals surface area contributed by atoms with Crippen LogP contribution in [0.15, 0.2) is 39.3 Å². The lowest BCUT2D eigenvalue weighted by molar-refractivity contribution is -0.123. The van der Waals surface area contributed by atoms with Crippen LogP contribution in [0.4, 0.5) is 0 Å². The van der Waals surface area contributed by atoms with E-state index >= 15 is 0 Å². The Hall–Kier alpha value is -1.53. The van der Waals surface area contributed by atoms with Crippen LogP contribution < -0.4 is 10.1 Å². The molecule has 0 fully saturated rings. The van der Waals surface area contributed by atoms with Gasteiger partial charge in [-0.15, -0.1) is 0 Å². The Labute approximate surface area is 177 Å².